The number of piperazine rings is 1. The molecule has 3 fully saturated rings. The summed E-state index contributed by atoms with van der Waals surface area (Å²) in [6.45, 7) is 19.2. The minimum Gasteiger partial charge on any atom is -0.492 e. The second-order valence-corrected chi connectivity index (χ2v) is 16.8. The standard InChI is InChI=1S/C41H51ClN8O6/c1-24-17-30-28(20-44-50(30)33-12-8-9-15-53-33)34(36(24)42)27-18-29-35(37-26(27)11-10-16-54-37)38(46-39(45-29)55-32-23-47(6)22-31(32)52-7)48-13-14-49(25(21-48)19-43-5)40(51)56-41(2,3)4/h17-18,20,25,31-33H,8-16,19,21-23H2,1-4,6-7H3/t25-,31-,32-,33?/m0/s1. The van der Waals surface area contributed by atoms with Gasteiger partial charge in [-0.2, -0.15) is 15.1 Å². The van der Waals surface area contributed by atoms with E-state index >= 15 is 0 Å². The quantitative estimate of drug-likeness (QED) is 0.187. The van der Waals surface area contributed by atoms with Crippen LogP contribution in [0.5, 0.6) is 11.8 Å². The number of rotatable bonds is 7. The first kappa shape index (κ1) is 38.5. The van der Waals surface area contributed by atoms with Crippen LogP contribution in [0, 0.1) is 13.5 Å². The van der Waals surface area contributed by atoms with Crippen molar-refractivity contribution in [3.05, 3.63) is 45.9 Å². The van der Waals surface area contributed by atoms with Crippen LogP contribution in [-0.4, -0.2) is 126 Å². The predicted octanol–water partition coefficient (Wildman–Crippen LogP) is 6.69. The van der Waals surface area contributed by atoms with E-state index in [1.54, 1.807) is 12.0 Å². The lowest BCUT2D eigenvalue weighted by Crippen LogP contribution is -2.57. The average Bonchev–Trinajstić information content (AvgIpc) is 3.76. The Morgan fingerprint density at radius 1 is 1.09 bits per heavy atom. The van der Waals surface area contributed by atoms with Gasteiger partial charge >= 0.3 is 12.1 Å². The smallest absolute Gasteiger partial charge is 0.410 e. The van der Waals surface area contributed by atoms with Crippen molar-refractivity contribution in [2.75, 3.05) is 71.5 Å². The molecule has 2 aromatic heterocycles. The SMILES string of the molecule is [C-]#[N+]C[C@H]1CN(c2nc(O[C@H]3CN(C)C[C@@H]3OC)nc3cc(-c4c(Cl)c(C)cc5c4cnn5C4CCCCO4)c4c(c23)OCCC4)CCN1C(=O)OC(C)(C)C. The largest absolute Gasteiger partial charge is 0.492 e. The van der Waals surface area contributed by atoms with Gasteiger partial charge in [-0.15, -0.1) is 0 Å². The molecule has 14 nitrogen and oxygen atoms in total. The summed E-state index contributed by atoms with van der Waals surface area (Å²) < 4.78 is 33.0. The van der Waals surface area contributed by atoms with Crippen LogP contribution in [-0.2, 0) is 20.6 Å². The molecule has 4 aromatic rings. The topological polar surface area (TPSA) is 121 Å². The lowest BCUT2D eigenvalue weighted by molar-refractivity contribution is -0.0366. The molecule has 298 valence electrons. The first-order valence-electron chi connectivity index (χ1n) is 19.7. The van der Waals surface area contributed by atoms with Gasteiger partial charge in [0, 0.05) is 63.0 Å². The Hall–Kier alpha value is -4.42. The van der Waals surface area contributed by atoms with Crippen LogP contribution in [0.4, 0.5) is 10.6 Å². The van der Waals surface area contributed by atoms with Crippen molar-refractivity contribution < 1.29 is 28.5 Å². The number of nitrogens with zero attached hydrogens (tertiary/aromatic N) is 8. The number of benzene rings is 2. The van der Waals surface area contributed by atoms with E-state index in [4.69, 9.17) is 56.9 Å². The summed E-state index contributed by atoms with van der Waals surface area (Å²) in [6, 6.07) is 3.99. The van der Waals surface area contributed by atoms with Crippen molar-refractivity contribution in [2.45, 2.75) is 89.9 Å². The number of aryl methyl sites for hydroxylation is 1. The Morgan fingerprint density at radius 3 is 2.66 bits per heavy atom. The molecule has 8 rings (SSSR count). The number of carbonyl (C=O) groups excluding carboxylic acids is 1. The van der Waals surface area contributed by atoms with Crippen LogP contribution in [0.1, 0.15) is 63.8 Å². The number of fused-ring (bicyclic) bond motifs is 4. The maximum atomic E-state index is 13.4. The van der Waals surface area contributed by atoms with Gasteiger partial charge in [0.05, 0.1) is 34.2 Å². The van der Waals surface area contributed by atoms with Crippen molar-refractivity contribution in [3.63, 3.8) is 0 Å². The summed E-state index contributed by atoms with van der Waals surface area (Å²) in [5, 5.41) is 7.22. The van der Waals surface area contributed by atoms with Gasteiger partial charge in [0.15, 0.2) is 6.23 Å². The highest BCUT2D eigenvalue weighted by molar-refractivity contribution is 6.36. The highest BCUT2D eigenvalue weighted by Gasteiger charge is 2.39. The van der Waals surface area contributed by atoms with Gasteiger partial charge in [0.25, 0.3) is 0 Å². The van der Waals surface area contributed by atoms with Crippen molar-refractivity contribution in [1.29, 1.82) is 0 Å². The maximum Gasteiger partial charge on any atom is 0.410 e. The first-order valence-corrected chi connectivity index (χ1v) is 20.1. The summed E-state index contributed by atoms with van der Waals surface area (Å²) in [6.07, 6.45) is 5.53. The number of hydrogen-bond donors (Lipinski definition) is 0. The summed E-state index contributed by atoms with van der Waals surface area (Å²) in [7, 11) is 3.73. The minimum atomic E-state index is -0.664. The molecule has 0 radical (unpaired) electrons. The molecule has 15 heteroatoms. The zero-order valence-electron chi connectivity index (χ0n) is 33.1. The molecule has 4 aliphatic rings. The second kappa shape index (κ2) is 15.5. The molecule has 3 saturated heterocycles. The fourth-order valence-corrected chi connectivity index (χ4v) is 8.83. The average molecular weight is 787 g/mol. The Kier molecular flexibility index (Phi) is 10.6. The van der Waals surface area contributed by atoms with Crippen molar-refractivity contribution >= 4 is 45.3 Å². The van der Waals surface area contributed by atoms with Crippen LogP contribution in [0.15, 0.2) is 18.3 Å². The van der Waals surface area contributed by atoms with E-state index < -0.39 is 17.7 Å². The zero-order chi connectivity index (χ0) is 39.3. The van der Waals surface area contributed by atoms with E-state index in [-0.39, 0.29) is 31.0 Å². The highest BCUT2D eigenvalue weighted by atomic mass is 35.5. The number of halogens is 1. The molecule has 0 saturated carbocycles. The van der Waals surface area contributed by atoms with Crippen molar-refractivity contribution in [1.82, 2.24) is 29.5 Å². The fraction of sp³-hybridized carbons (Fsp3) is 0.585. The molecule has 6 heterocycles. The predicted molar refractivity (Wildman–Crippen MR) is 214 cm³/mol. The van der Waals surface area contributed by atoms with Crippen LogP contribution in [0.2, 0.25) is 5.02 Å². The number of carbonyl (C=O) groups is 1. The molecule has 0 N–H and O–H groups in total. The number of likely N-dealkylation sites (N-methyl/N-ethyl adjacent to an activating group) is 1. The number of aromatic nitrogens is 4. The molecule has 1 unspecified atom stereocenters. The number of likely N-dealkylation sites (tertiary alicyclic amines) is 1. The van der Waals surface area contributed by atoms with E-state index in [9.17, 15) is 4.79 Å². The summed E-state index contributed by atoms with van der Waals surface area (Å²) >= 11 is 7.30. The Balaban J connectivity index is 1.29. The van der Waals surface area contributed by atoms with Gasteiger partial charge in [-0.3, -0.25) is 9.80 Å². The van der Waals surface area contributed by atoms with Crippen molar-refractivity contribution in [2.24, 2.45) is 0 Å². The summed E-state index contributed by atoms with van der Waals surface area (Å²) in [5.74, 6) is 1.35. The molecule has 2 aromatic carbocycles. The third-order valence-electron chi connectivity index (χ3n) is 11.2. The van der Waals surface area contributed by atoms with Crippen molar-refractivity contribution in [3.8, 4) is 22.9 Å². The van der Waals surface area contributed by atoms with Gasteiger partial charge in [0.1, 0.15) is 35.4 Å². The molecule has 0 spiro atoms. The monoisotopic (exact) mass is 786 g/mol. The number of ether oxygens (including phenoxy) is 5. The Bertz CT molecular complexity index is 2180. The van der Waals surface area contributed by atoms with E-state index in [1.807, 2.05) is 45.6 Å². The van der Waals surface area contributed by atoms with Crippen LogP contribution in [0.25, 0.3) is 37.8 Å². The summed E-state index contributed by atoms with van der Waals surface area (Å²) in [5.41, 5.74) is 4.73. The van der Waals surface area contributed by atoms with E-state index in [2.05, 4.69) is 26.8 Å². The number of hydrogen-bond acceptors (Lipinski definition) is 11. The molecule has 0 bridgehead atoms. The third kappa shape index (κ3) is 7.30. The third-order valence-corrected chi connectivity index (χ3v) is 11.7. The van der Waals surface area contributed by atoms with Crippen LogP contribution < -0.4 is 14.4 Å². The fourth-order valence-electron chi connectivity index (χ4n) is 8.57. The Labute approximate surface area is 332 Å². The normalized spacial score (nSPS) is 23.2. The second-order valence-electron chi connectivity index (χ2n) is 16.4. The lowest BCUT2D eigenvalue weighted by Gasteiger charge is -2.40. The maximum absolute atomic E-state index is 13.4. The van der Waals surface area contributed by atoms with E-state index in [1.165, 1.54) is 0 Å². The van der Waals surface area contributed by atoms with E-state index in [0.29, 0.717) is 61.5 Å². The number of amides is 1. The molecular weight excluding hydrogens is 736 g/mol. The molecule has 4 atom stereocenters. The highest BCUT2D eigenvalue weighted by Crippen LogP contribution is 2.48. The molecule has 1 amide bonds. The summed E-state index contributed by atoms with van der Waals surface area (Å²) in [4.78, 5) is 33.3. The van der Waals surface area contributed by atoms with Crippen LogP contribution >= 0.6 is 11.6 Å². The van der Waals surface area contributed by atoms with Gasteiger partial charge in [-0.25, -0.2) is 16.0 Å². The zero-order valence-corrected chi connectivity index (χ0v) is 33.9. The lowest BCUT2D eigenvalue weighted by atomic mass is 9.89. The molecule has 56 heavy (non-hydrogen) atoms. The van der Waals surface area contributed by atoms with Crippen LogP contribution in [0.3, 0.4) is 0 Å². The van der Waals surface area contributed by atoms with Gasteiger partial charge in [-0.1, -0.05) is 11.6 Å². The van der Waals surface area contributed by atoms with Gasteiger partial charge < -0.3 is 33.4 Å². The van der Waals surface area contributed by atoms with Gasteiger partial charge in [-0.05, 0) is 90.1 Å². The minimum absolute atomic E-state index is 0.117. The molecule has 4 aliphatic heterocycles. The molecule has 0 aliphatic carbocycles. The first-order chi connectivity index (χ1) is 26.9. The van der Waals surface area contributed by atoms with Gasteiger partial charge in [0.2, 0.25) is 6.54 Å². The number of anilines is 1. The Morgan fingerprint density at radius 2 is 1.91 bits per heavy atom. The molecular formula is C41H51ClN8O6. The number of methoxy groups -OCH3 is 1. The van der Waals surface area contributed by atoms with E-state index in [0.717, 1.165) is 77.2 Å².